The number of nitrogens with zero attached hydrogens (tertiary/aromatic N) is 1. The average Bonchev–Trinajstić information content (AvgIpc) is 3.03. The van der Waals surface area contributed by atoms with Crippen molar-refractivity contribution in [3.05, 3.63) is 83.9 Å². The van der Waals surface area contributed by atoms with Gasteiger partial charge in [0.25, 0.3) is 0 Å². The maximum Gasteiger partial charge on any atom is 0.339 e. The Balaban J connectivity index is 1.29. The van der Waals surface area contributed by atoms with E-state index in [-0.39, 0.29) is 5.60 Å². The van der Waals surface area contributed by atoms with Crippen LogP contribution in [0, 0.1) is 0 Å². The van der Waals surface area contributed by atoms with Crippen LogP contribution >= 0.6 is 0 Å². The second-order valence-corrected chi connectivity index (χ2v) is 7.67. The minimum atomic E-state index is -0.409. The van der Waals surface area contributed by atoms with Crippen molar-refractivity contribution >= 4 is 17.9 Å². The predicted molar refractivity (Wildman–Crippen MR) is 118 cm³/mol. The zero-order chi connectivity index (χ0) is 21.0. The summed E-state index contributed by atoms with van der Waals surface area (Å²) in [7, 11) is 0. The third-order valence-corrected chi connectivity index (χ3v) is 4.56. The van der Waals surface area contributed by atoms with Crippen LogP contribution in [0.2, 0.25) is 0 Å². The molecular weight excluding hydrogens is 378 g/mol. The number of para-hydroxylation sites is 1. The number of ether oxygens (including phenoxy) is 2. The maximum absolute atomic E-state index is 12.1. The number of hydrazone groups is 1. The molecule has 3 aromatic carbocycles. The van der Waals surface area contributed by atoms with E-state index >= 15 is 0 Å². The highest BCUT2D eigenvalue weighted by Crippen LogP contribution is 2.36. The molecule has 4 rings (SSSR count). The number of nitrogens with one attached hydrogen (secondary N) is 2. The van der Waals surface area contributed by atoms with Gasteiger partial charge in [0.2, 0.25) is 0 Å². The number of anilines is 1. The highest BCUT2D eigenvalue weighted by molar-refractivity contribution is 5.90. The van der Waals surface area contributed by atoms with Crippen LogP contribution in [0.3, 0.4) is 0 Å². The molecule has 6 heteroatoms. The predicted octanol–water partition coefficient (Wildman–Crippen LogP) is 5.35. The highest BCUT2D eigenvalue weighted by atomic mass is 16.5. The molecular formula is C24H23N3O3. The van der Waals surface area contributed by atoms with Crippen molar-refractivity contribution in [3.63, 3.8) is 0 Å². The molecule has 0 radical (unpaired) electrons. The molecule has 3 aromatic rings. The third kappa shape index (κ3) is 4.97. The van der Waals surface area contributed by atoms with Crippen molar-refractivity contribution in [2.75, 3.05) is 5.32 Å². The number of carbonyl (C=O) groups excluding carboxylic acids is 1. The Kier molecular flexibility index (Phi) is 5.39. The van der Waals surface area contributed by atoms with Gasteiger partial charge in [-0.3, -0.25) is 0 Å². The van der Waals surface area contributed by atoms with Gasteiger partial charge in [0.15, 0.2) is 0 Å². The van der Waals surface area contributed by atoms with E-state index in [1.807, 2.05) is 86.6 Å². The van der Waals surface area contributed by atoms with Crippen LogP contribution in [-0.4, -0.2) is 17.8 Å². The van der Waals surface area contributed by atoms with E-state index in [9.17, 15) is 4.79 Å². The van der Waals surface area contributed by atoms with Gasteiger partial charge in [-0.1, -0.05) is 18.2 Å². The van der Waals surface area contributed by atoms with Gasteiger partial charge in [-0.15, -0.1) is 0 Å². The summed E-state index contributed by atoms with van der Waals surface area (Å²) in [6.45, 7) is 4.09. The molecule has 1 aliphatic rings. The van der Waals surface area contributed by atoms with E-state index in [1.54, 1.807) is 6.21 Å². The number of rotatable bonds is 5. The van der Waals surface area contributed by atoms with E-state index < -0.39 is 6.03 Å². The lowest BCUT2D eigenvalue weighted by molar-refractivity contribution is 0.138. The van der Waals surface area contributed by atoms with Crippen molar-refractivity contribution in [3.8, 4) is 17.2 Å². The van der Waals surface area contributed by atoms with Crippen LogP contribution in [0.1, 0.15) is 25.0 Å². The standard InChI is InChI=1S/C24H23N3O3/c1-24(2)15-18-14-19(10-13-22(18)30-24)26-23(28)27-25-16-17-8-11-21(12-9-17)29-20-6-4-3-5-7-20/h3-14,16H,15H2,1-2H3,(H2,26,27,28)/b25-16+. The van der Waals surface area contributed by atoms with E-state index in [0.717, 1.165) is 34.8 Å². The van der Waals surface area contributed by atoms with Gasteiger partial charge >= 0.3 is 6.03 Å². The molecule has 0 spiro atoms. The lowest BCUT2D eigenvalue weighted by atomic mass is 10.0. The van der Waals surface area contributed by atoms with Crippen molar-refractivity contribution in [2.24, 2.45) is 5.10 Å². The van der Waals surface area contributed by atoms with Gasteiger partial charge in [-0.25, -0.2) is 10.2 Å². The van der Waals surface area contributed by atoms with E-state index in [1.165, 1.54) is 0 Å². The maximum atomic E-state index is 12.1. The molecule has 2 amide bonds. The first kappa shape index (κ1) is 19.5. The summed E-state index contributed by atoms with van der Waals surface area (Å²) in [6.07, 6.45) is 2.38. The van der Waals surface area contributed by atoms with Crippen LogP contribution in [0.4, 0.5) is 10.5 Å². The first-order valence-corrected chi connectivity index (χ1v) is 9.72. The van der Waals surface area contributed by atoms with Crippen molar-refractivity contribution in [2.45, 2.75) is 25.9 Å². The summed E-state index contributed by atoms with van der Waals surface area (Å²) >= 11 is 0. The second kappa shape index (κ2) is 8.29. The molecule has 0 atom stereocenters. The summed E-state index contributed by atoms with van der Waals surface area (Å²) in [6, 6.07) is 22.2. The van der Waals surface area contributed by atoms with E-state index in [2.05, 4.69) is 15.8 Å². The SMILES string of the molecule is CC1(C)Cc2cc(NC(=O)N/N=C/c3ccc(Oc4ccccc4)cc3)ccc2O1. The lowest BCUT2D eigenvalue weighted by Crippen LogP contribution is -2.24. The number of fused-ring (bicyclic) bond motifs is 1. The van der Waals surface area contributed by atoms with Crippen LogP contribution < -0.4 is 20.2 Å². The number of amides is 2. The van der Waals surface area contributed by atoms with Crippen molar-refractivity contribution in [1.29, 1.82) is 0 Å². The molecule has 0 aromatic heterocycles. The van der Waals surface area contributed by atoms with Gasteiger partial charge < -0.3 is 14.8 Å². The van der Waals surface area contributed by atoms with Crippen molar-refractivity contribution in [1.82, 2.24) is 5.43 Å². The first-order valence-electron chi connectivity index (χ1n) is 9.72. The quantitative estimate of drug-likeness (QED) is 0.447. The van der Waals surface area contributed by atoms with Crippen LogP contribution in [0.5, 0.6) is 17.2 Å². The smallest absolute Gasteiger partial charge is 0.339 e. The zero-order valence-electron chi connectivity index (χ0n) is 16.9. The van der Waals surface area contributed by atoms with Gasteiger partial charge in [-0.2, -0.15) is 5.10 Å². The molecule has 30 heavy (non-hydrogen) atoms. The Morgan fingerprint density at radius 3 is 2.53 bits per heavy atom. The van der Waals surface area contributed by atoms with Gasteiger partial charge in [0.05, 0.1) is 6.21 Å². The summed E-state index contributed by atoms with van der Waals surface area (Å²) < 4.78 is 11.6. The van der Waals surface area contributed by atoms with Crippen LogP contribution in [-0.2, 0) is 6.42 Å². The van der Waals surface area contributed by atoms with Crippen LogP contribution in [0.15, 0.2) is 77.9 Å². The monoisotopic (exact) mass is 401 g/mol. The molecule has 0 unspecified atom stereocenters. The van der Waals surface area contributed by atoms with E-state index in [0.29, 0.717) is 5.69 Å². The number of carbonyl (C=O) groups is 1. The largest absolute Gasteiger partial charge is 0.487 e. The highest BCUT2D eigenvalue weighted by Gasteiger charge is 2.29. The summed E-state index contributed by atoms with van der Waals surface area (Å²) in [5.74, 6) is 2.37. The Hall–Kier alpha value is -3.80. The second-order valence-electron chi connectivity index (χ2n) is 7.67. The van der Waals surface area contributed by atoms with Crippen LogP contribution in [0.25, 0.3) is 0 Å². The molecule has 1 heterocycles. The van der Waals surface area contributed by atoms with Crippen molar-refractivity contribution < 1.29 is 14.3 Å². The third-order valence-electron chi connectivity index (χ3n) is 4.56. The fourth-order valence-corrected chi connectivity index (χ4v) is 3.26. The summed E-state index contributed by atoms with van der Waals surface area (Å²) in [5.41, 5.74) is 4.88. The normalized spacial score (nSPS) is 14.1. The minimum absolute atomic E-state index is 0.213. The van der Waals surface area contributed by atoms with Gasteiger partial charge in [0, 0.05) is 17.7 Å². The number of urea groups is 1. The average molecular weight is 401 g/mol. The molecule has 1 aliphatic heterocycles. The number of hydrogen-bond donors (Lipinski definition) is 2. The molecule has 0 saturated carbocycles. The molecule has 152 valence electrons. The number of hydrogen-bond acceptors (Lipinski definition) is 4. The van der Waals surface area contributed by atoms with Gasteiger partial charge in [-0.05, 0) is 74.0 Å². The Morgan fingerprint density at radius 1 is 1.03 bits per heavy atom. The molecule has 6 nitrogen and oxygen atoms in total. The topological polar surface area (TPSA) is 72.0 Å². The molecule has 0 bridgehead atoms. The fraction of sp³-hybridized carbons (Fsp3) is 0.167. The molecule has 2 N–H and O–H groups in total. The fourth-order valence-electron chi connectivity index (χ4n) is 3.26. The Morgan fingerprint density at radius 2 is 1.77 bits per heavy atom. The lowest BCUT2D eigenvalue weighted by Gasteiger charge is -2.16. The minimum Gasteiger partial charge on any atom is -0.487 e. The number of benzene rings is 3. The summed E-state index contributed by atoms with van der Waals surface area (Å²) in [5, 5.41) is 6.78. The Labute approximate surface area is 175 Å². The van der Waals surface area contributed by atoms with E-state index in [4.69, 9.17) is 9.47 Å². The summed E-state index contributed by atoms with van der Waals surface area (Å²) in [4.78, 5) is 12.1. The molecule has 0 fully saturated rings. The first-order chi connectivity index (χ1) is 14.5. The zero-order valence-corrected chi connectivity index (χ0v) is 16.9. The Bertz CT molecular complexity index is 1060. The van der Waals surface area contributed by atoms with Gasteiger partial charge in [0.1, 0.15) is 22.8 Å². The molecule has 0 saturated heterocycles. The molecule has 0 aliphatic carbocycles.